The van der Waals surface area contributed by atoms with Gasteiger partial charge in [0.1, 0.15) is 17.0 Å². The first kappa shape index (κ1) is 30.4. The average molecular weight is 653 g/mol. The van der Waals surface area contributed by atoms with E-state index in [1.807, 2.05) is 36.5 Å². The maximum absolute atomic E-state index is 6.46. The first-order chi connectivity index (χ1) is 24.0. The summed E-state index contributed by atoms with van der Waals surface area (Å²) in [5.41, 5.74) is 13.7. The Morgan fingerprint density at radius 1 is 0.640 bits per heavy atom. The van der Waals surface area contributed by atoms with E-state index in [0.29, 0.717) is 0 Å². The largest absolute Gasteiger partial charge is 0.455 e. The lowest BCUT2D eigenvalue weighted by Crippen LogP contribution is -2.11. The van der Waals surface area contributed by atoms with E-state index in [2.05, 4.69) is 131 Å². The summed E-state index contributed by atoms with van der Waals surface area (Å²) in [6.07, 6.45) is 1.84. The topological polar surface area (TPSA) is 59.6 Å². The van der Waals surface area contributed by atoms with Crippen molar-refractivity contribution < 1.29 is 4.42 Å². The molecule has 0 unspecified atom stereocenters. The van der Waals surface area contributed by atoms with Gasteiger partial charge in [-0.2, -0.15) is 0 Å². The number of para-hydroxylation sites is 2. The molecule has 0 aliphatic rings. The average Bonchev–Trinajstić information content (AvgIpc) is 3.78. The zero-order valence-corrected chi connectivity index (χ0v) is 29.6. The summed E-state index contributed by atoms with van der Waals surface area (Å²) in [6, 6.07) is 36.8. The molecule has 1 N–H and O–H groups in total. The molecule has 0 atom stereocenters. The normalized spacial score (nSPS) is 12.7. The van der Waals surface area contributed by atoms with Crippen molar-refractivity contribution in [1.82, 2.24) is 19.5 Å². The van der Waals surface area contributed by atoms with Crippen molar-refractivity contribution >= 4 is 54.8 Å². The minimum atomic E-state index is -0.0471. The van der Waals surface area contributed by atoms with Crippen LogP contribution in [0.25, 0.3) is 88.5 Å². The molecule has 4 aromatic heterocycles. The zero-order valence-electron chi connectivity index (χ0n) is 29.6. The molecule has 0 bridgehead atoms. The highest BCUT2D eigenvalue weighted by atomic mass is 16.3. The molecule has 9 rings (SSSR count). The molecule has 4 heterocycles. The molecular formula is C45H40N4O. The van der Waals surface area contributed by atoms with Crippen LogP contribution in [0.3, 0.4) is 0 Å². The van der Waals surface area contributed by atoms with Gasteiger partial charge in [-0.05, 0) is 88.2 Å². The van der Waals surface area contributed by atoms with Crippen molar-refractivity contribution in [3.8, 4) is 33.8 Å². The SMILES string of the molecule is Cn1c(-c2cc(C(C)(C)C)cc3c2[nH]c2ccc(C(C)(C)C)cc23)nc2c(-c3cc(-c4ccccn4)c4oc5ccccc5c4c3)cccc21. The molecule has 246 valence electrons. The number of nitrogens with one attached hydrogen (secondary N) is 1. The Kier molecular flexibility index (Phi) is 6.48. The second-order valence-electron chi connectivity index (χ2n) is 15.7. The highest BCUT2D eigenvalue weighted by Gasteiger charge is 2.24. The minimum Gasteiger partial charge on any atom is -0.455 e. The Hall–Kier alpha value is -5.68. The Morgan fingerprint density at radius 3 is 2.20 bits per heavy atom. The fourth-order valence-electron chi connectivity index (χ4n) is 7.46. The number of hydrogen-bond acceptors (Lipinski definition) is 3. The quantitative estimate of drug-likeness (QED) is 0.207. The summed E-state index contributed by atoms with van der Waals surface area (Å²) >= 11 is 0. The third-order valence-electron chi connectivity index (χ3n) is 10.3. The van der Waals surface area contributed by atoms with Crippen LogP contribution in [-0.4, -0.2) is 19.5 Å². The van der Waals surface area contributed by atoms with Gasteiger partial charge in [0.2, 0.25) is 0 Å². The predicted octanol–water partition coefficient (Wildman–Crippen LogP) is 12.1. The molecule has 0 radical (unpaired) electrons. The van der Waals surface area contributed by atoms with Gasteiger partial charge in [-0.3, -0.25) is 4.98 Å². The van der Waals surface area contributed by atoms with Crippen LogP contribution in [0.1, 0.15) is 52.7 Å². The van der Waals surface area contributed by atoms with Crippen LogP contribution in [0.15, 0.2) is 114 Å². The second kappa shape index (κ2) is 10.7. The van der Waals surface area contributed by atoms with Crippen LogP contribution >= 0.6 is 0 Å². The molecule has 0 fully saturated rings. The lowest BCUT2D eigenvalue weighted by molar-refractivity contribution is 0.590. The first-order valence-corrected chi connectivity index (χ1v) is 17.4. The van der Waals surface area contributed by atoms with Crippen molar-refractivity contribution in [1.29, 1.82) is 0 Å². The third-order valence-corrected chi connectivity index (χ3v) is 10.3. The van der Waals surface area contributed by atoms with Crippen LogP contribution < -0.4 is 0 Å². The molecule has 9 aromatic rings. The number of fused-ring (bicyclic) bond motifs is 7. The van der Waals surface area contributed by atoms with Crippen molar-refractivity contribution in [3.63, 3.8) is 0 Å². The Morgan fingerprint density at radius 2 is 1.42 bits per heavy atom. The van der Waals surface area contributed by atoms with Crippen LogP contribution in [0.4, 0.5) is 0 Å². The Labute approximate surface area is 291 Å². The van der Waals surface area contributed by atoms with E-state index < -0.39 is 0 Å². The summed E-state index contributed by atoms with van der Waals surface area (Å²) < 4.78 is 8.71. The van der Waals surface area contributed by atoms with E-state index in [-0.39, 0.29) is 10.8 Å². The summed E-state index contributed by atoms with van der Waals surface area (Å²) in [7, 11) is 2.14. The van der Waals surface area contributed by atoms with Gasteiger partial charge in [-0.1, -0.05) is 84.0 Å². The fraction of sp³-hybridized carbons (Fsp3) is 0.200. The molecule has 0 spiro atoms. The third kappa shape index (κ3) is 4.68. The molecule has 0 aliphatic carbocycles. The molecule has 0 amide bonds. The zero-order chi connectivity index (χ0) is 34.5. The Balaban J connectivity index is 1.31. The number of H-pyrrole nitrogens is 1. The number of aryl methyl sites for hydroxylation is 1. The van der Waals surface area contributed by atoms with Gasteiger partial charge in [0.15, 0.2) is 0 Å². The Bertz CT molecular complexity index is 2780. The van der Waals surface area contributed by atoms with E-state index >= 15 is 0 Å². The highest BCUT2D eigenvalue weighted by Crippen LogP contribution is 2.43. The predicted molar refractivity (Wildman–Crippen MR) is 209 cm³/mol. The molecule has 0 aliphatic heterocycles. The number of aromatic amines is 1. The van der Waals surface area contributed by atoms with Crippen molar-refractivity contribution in [3.05, 3.63) is 120 Å². The molecule has 5 heteroatoms. The number of nitrogens with zero attached hydrogens (tertiary/aromatic N) is 3. The monoisotopic (exact) mass is 652 g/mol. The minimum absolute atomic E-state index is 0.0471. The van der Waals surface area contributed by atoms with Crippen molar-refractivity contribution in [2.45, 2.75) is 52.4 Å². The van der Waals surface area contributed by atoms with Crippen LogP contribution in [0.2, 0.25) is 0 Å². The fourth-order valence-corrected chi connectivity index (χ4v) is 7.46. The van der Waals surface area contributed by atoms with Gasteiger partial charge in [0, 0.05) is 57.0 Å². The number of aromatic nitrogens is 4. The summed E-state index contributed by atoms with van der Waals surface area (Å²) in [6.45, 7) is 13.7. The number of imidazole rings is 1. The van der Waals surface area contributed by atoms with Gasteiger partial charge in [0.05, 0.1) is 22.2 Å². The maximum Gasteiger partial charge on any atom is 0.144 e. The highest BCUT2D eigenvalue weighted by molar-refractivity contribution is 6.14. The van der Waals surface area contributed by atoms with Gasteiger partial charge < -0.3 is 14.0 Å². The van der Waals surface area contributed by atoms with Gasteiger partial charge in [-0.15, -0.1) is 0 Å². The van der Waals surface area contributed by atoms with Crippen molar-refractivity contribution in [2.75, 3.05) is 0 Å². The standard InChI is InChI=1S/C45H40N4O/c1-44(2,3)27-18-19-37-31(23-27)32-24-28(45(4,5)6)25-35(40(32)47-37)43-48-41-29(14-12-16-38(41)49(43)7)26-21-33-30-13-8-9-17-39(30)50-42(33)34(22-26)36-15-10-11-20-46-36/h8-25,47H,1-7H3. The van der Waals surface area contributed by atoms with Gasteiger partial charge in [0.25, 0.3) is 0 Å². The lowest BCUT2D eigenvalue weighted by Gasteiger charge is -2.21. The second-order valence-corrected chi connectivity index (χ2v) is 15.7. The number of benzene rings is 5. The summed E-state index contributed by atoms with van der Waals surface area (Å²) in [5, 5.41) is 4.64. The number of furan rings is 1. The molecule has 5 nitrogen and oxygen atoms in total. The molecule has 0 saturated carbocycles. The van der Waals surface area contributed by atoms with Crippen LogP contribution in [0, 0.1) is 0 Å². The summed E-state index contributed by atoms with van der Waals surface area (Å²) in [4.78, 5) is 14.0. The molecule has 50 heavy (non-hydrogen) atoms. The first-order valence-electron chi connectivity index (χ1n) is 17.4. The number of pyridine rings is 1. The van der Waals surface area contributed by atoms with E-state index in [1.54, 1.807) is 0 Å². The summed E-state index contributed by atoms with van der Waals surface area (Å²) in [5.74, 6) is 0.936. The van der Waals surface area contributed by atoms with E-state index in [9.17, 15) is 0 Å². The van der Waals surface area contributed by atoms with Crippen molar-refractivity contribution in [2.24, 2.45) is 7.05 Å². The number of hydrogen-bond donors (Lipinski definition) is 1. The van der Waals surface area contributed by atoms with E-state index in [4.69, 9.17) is 14.4 Å². The number of rotatable bonds is 3. The smallest absolute Gasteiger partial charge is 0.144 e. The van der Waals surface area contributed by atoms with Gasteiger partial charge >= 0.3 is 0 Å². The molecule has 0 saturated heterocycles. The van der Waals surface area contributed by atoms with E-state index in [1.165, 1.54) is 21.9 Å². The molecular weight excluding hydrogens is 613 g/mol. The van der Waals surface area contributed by atoms with Crippen LogP contribution in [0.5, 0.6) is 0 Å². The lowest BCUT2D eigenvalue weighted by atomic mass is 9.84. The maximum atomic E-state index is 6.46. The van der Waals surface area contributed by atoms with Crippen LogP contribution in [-0.2, 0) is 17.9 Å². The molecule has 5 aromatic carbocycles. The van der Waals surface area contributed by atoms with E-state index in [0.717, 1.165) is 77.8 Å². The van der Waals surface area contributed by atoms with Gasteiger partial charge in [-0.25, -0.2) is 4.98 Å².